The maximum Gasteiger partial charge on any atom is 0.138 e. The van der Waals surface area contributed by atoms with Gasteiger partial charge in [-0.2, -0.15) is 0 Å². The molecular formula is C12H18O2. The molecule has 0 heterocycles. The molecule has 1 N–H and O–H groups in total. The number of carbonyl (C=O) groups excluding carboxylic acids is 1. The summed E-state index contributed by atoms with van der Waals surface area (Å²) in [5, 5.41) is 10.2. The molecule has 14 heavy (non-hydrogen) atoms. The van der Waals surface area contributed by atoms with Gasteiger partial charge in [0.2, 0.25) is 0 Å². The summed E-state index contributed by atoms with van der Waals surface area (Å²) in [5.74, 6) is 2.15. The number of hydrogen-bond acceptors (Lipinski definition) is 2. The van der Waals surface area contributed by atoms with Gasteiger partial charge in [0, 0.05) is 0 Å². The van der Waals surface area contributed by atoms with Crippen LogP contribution in [-0.4, -0.2) is 17.0 Å². The Morgan fingerprint density at radius 3 is 2.29 bits per heavy atom. The highest BCUT2D eigenvalue weighted by Crippen LogP contribution is 2.60. The van der Waals surface area contributed by atoms with Gasteiger partial charge in [0.05, 0.1) is 11.5 Å². The summed E-state index contributed by atoms with van der Waals surface area (Å²) < 4.78 is 0. The monoisotopic (exact) mass is 194 g/mol. The van der Waals surface area contributed by atoms with Gasteiger partial charge in [-0.25, -0.2) is 0 Å². The Hall–Kier alpha value is -0.370. The van der Waals surface area contributed by atoms with Gasteiger partial charge in [0.25, 0.3) is 0 Å². The summed E-state index contributed by atoms with van der Waals surface area (Å²) in [4.78, 5) is 11.7. The molecular weight excluding hydrogens is 176 g/mol. The first-order valence-electron chi connectivity index (χ1n) is 5.81. The van der Waals surface area contributed by atoms with Gasteiger partial charge in [-0.3, -0.25) is 4.79 Å². The Bertz CT molecular complexity index is 270. The normalized spacial score (nSPS) is 55.0. The lowest BCUT2D eigenvalue weighted by Crippen LogP contribution is -2.58. The van der Waals surface area contributed by atoms with Crippen LogP contribution in [0.3, 0.4) is 0 Å². The van der Waals surface area contributed by atoms with E-state index in [1.165, 1.54) is 19.3 Å². The molecule has 0 saturated heterocycles. The van der Waals surface area contributed by atoms with Crippen LogP contribution in [0.2, 0.25) is 0 Å². The number of ketones is 1. The SMILES string of the molecule is CC(=O)C12C[C@@H]3CC(C[C@@H](C3)C1)[C@H]2O. The summed E-state index contributed by atoms with van der Waals surface area (Å²) in [7, 11) is 0. The third-order valence-electron chi connectivity index (χ3n) is 4.96. The Balaban J connectivity index is 2.01. The van der Waals surface area contributed by atoms with Crippen molar-refractivity contribution in [2.45, 2.75) is 45.1 Å². The Morgan fingerprint density at radius 1 is 1.21 bits per heavy atom. The fraction of sp³-hybridized carbons (Fsp3) is 0.917. The lowest BCUT2D eigenvalue weighted by atomic mass is 9.47. The third kappa shape index (κ3) is 0.928. The van der Waals surface area contributed by atoms with E-state index < -0.39 is 0 Å². The second kappa shape index (κ2) is 2.60. The predicted octanol–water partition coefficient (Wildman–Crippen LogP) is 1.76. The molecule has 2 heteroatoms. The molecule has 4 aliphatic carbocycles. The average Bonchev–Trinajstić information content (AvgIpc) is 2.12. The number of aliphatic hydroxyl groups excluding tert-OH is 1. The van der Waals surface area contributed by atoms with E-state index in [0.29, 0.717) is 5.92 Å². The highest BCUT2D eigenvalue weighted by atomic mass is 16.3. The molecule has 4 fully saturated rings. The van der Waals surface area contributed by atoms with Crippen LogP contribution < -0.4 is 0 Å². The van der Waals surface area contributed by atoms with Gasteiger partial charge in [-0.15, -0.1) is 0 Å². The van der Waals surface area contributed by atoms with E-state index in [-0.39, 0.29) is 17.3 Å². The standard InChI is InChI=1S/C12H18O2/c1-7(13)12-5-8-2-9(6-12)4-10(3-8)11(12)14/h8-11,14H,2-6H2,1H3/t8-,9+,10?,11-,12?/m1/s1. The summed E-state index contributed by atoms with van der Waals surface area (Å²) in [6.07, 6.45) is 5.28. The van der Waals surface area contributed by atoms with Gasteiger partial charge < -0.3 is 5.11 Å². The molecule has 0 aliphatic heterocycles. The van der Waals surface area contributed by atoms with Crippen LogP contribution in [0.4, 0.5) is 0 Å². The number of Topliss-reactive ketones (excluding diaryl/α,β-unsaturated/α-hetero) is 1. The molecule has 0 amide bonds. The Kier molecular flexibility index (Phi) is 1.65. The van der Waals surface area contributed by atoms with Crippen LogP contribution >= 0.6 is 0 Å². The Labute approximate surface area is 84.7 Å². The maximum absolute atomic E-state index is 11.7. The summed E-state index contributed by atoms with van der Waals surface area (Å²) in [5.41, 5.74) is -0.325. The van der Waals surface area contributed by atoms with Crippen molar-refractivity contribution in [3.8, 4) is 0 Å². The zero-order valence-corrected chi connectivity index (χ0v) is 8.70. The third-order valence-corrected chi connectivity index (χ3v) is 4.96. The van der Waals surface area contributed by atoms with E-state index in [9.17, 15) is 9.90 Å². The van der Waals surface area contributed by atoms with Gasteiger partial charge in [0.1, 0.15) is 5.78 Å². The first-order valence-corrected chi connectivity index (χ1v) is 5.81. The number of carbonyl (C=O) groups is 1. The molecule has 2 nitrogen and oxygen atoms in total. The largest absolute Gasteiger partial charge is 0.392 e. The lowest BCUT2D eigenvalue weighted by molar-refractivity contribution is -0.172. The van der Waals surface area contributed by atoms with Crippen LogP contribution in [0, 0.1) is 23.2 Å². The minimum atomic E-state index is -0.326. The van der Waals surface area contributed by atoms with E-state index in [4.69, 9.17) is 0 Å². The predicted molar refractivity (Wildman–Crippen MR) is 52.7 cm³/mol. The number of aliphatic hydroxyl groups is 1. The van der Waals surface area contributed by atoms with E-state index in [2.05, 4.69) is 0 Å². The fourth-order valence-electron chi connectivity index (χ4n) is 4.51. The summed E-state index contributed by atoms with van der Waals surface area (Å²) >= 11 is 0. The van der Waals surface area contributed by atoms with Crippen molar-refractivity contribution in [1.29, 1.82) is 0 Å². The Morgan fingerprint density at radius 2 is 1.79 bits per heavy atom. The zero-order chi connectivity index (χ0) is 9.92. The van der Waals surface area contributed by atoms with Crippen LogP contribution in [-0.2, 0) is 4.79 Å². The van der Waals surface area contributed by atoms with Crippen LogP contribution in [0.15, 0.2) is 0 Å². The molecule has 4 rings (SSSR count). The van der Waals surface area contributed by atoms with Gasteiger partial charge in [0.15, 0.2) is 0 Å². The quantitative estimate of drug-likeness (QED) is 0.690. The van der Waals surface area contributed by atoms with Gasteiger partial charge >= 0.3 is 0 Å². The van der Waals surface area contributed by atoms with Crippen molar-refractivity contribution < 1.29 is 9.90 Å². The van der Waals surface area contributed by atoms with E-state index in [0.717, 1.165) is 24.7 Å². The molecule has 0 radical (unpaired) electrons. The van der Waals surface area contributed by atoms with Crippen molar-refractivity contribution in [2.75, 3.05) is 0 Å². The second-order valence-electron chi connectivity index (χ2n) is 5.76. The maximum atomic E-state index is 11.7. The molecule has 2 unspecified atom stereocenters. The summed E-state index contributed by atoms with van der Waals surface area (Å²) in [6, 6.07) is 0. The average molecular weight is 194 g/mol. The topological polar surface area (TPSA) is 37.3 Å². The highest BCUT2D eigenvalue weighted by Gasteiger charge is 2.58. The van der Waals surface area contributed by atoms with Crippen molar-refractivity contribution in [3.63, 3.8) is 0 Å². The molecule has 0 spiro atoms. The molecule has 5 atom stereocenters. The van der Waals surface area contributed by atoms with E-state index in [1.807, 2.05) is 0 Å². The van der Waals surface area contributed by atoms with Crippen LogP contribution in [0.1, 0.15) is 39.0 Å². The fourth-order valence-corrected chi connectivity index (χ4v) is 4.51. The van der Waals surface area contributed by atoms with Crippen LogP contribution in [0.5, 0.6) is 0 Å². The van der Waals surface area contributed by atoms with Gasteiger partial charge in [-0.05, 0) is 56.8 Å². The lowest BCUT2D eigenvalue weighted by Gasteiger charge is -2.58. The van der Waals surface area contributed by atoms with Crippen molar-refractivity contribution in [1.82, 2.24) is 0 Å². The van der Waals surface area contributed by atoms with E-state index >= 15 is 0 Å². The summed E-state index contributed by atoms with van der Waals surface area (Å²) in [6.45, 7) is 1.68. The van der Waals surface area contributed by atoms with Crippen molar-refractivity contribution in [3.05, 3.63) is 0 Å². The first kappa shape index (κ1) is 8.90. The molecule has 0 aromatic rings. The zero-order valence-electron chi connectivity index (χ0n) is 8.70. The minimum absolute atomic E-state index is 0.240. The molecule has 4 saturated carbocycles. The van der Waals surface area contributed by atoms with Crippen molar-refractivity contribution >= 4 is 5.78 Å². The van der Waals surface area contributed by atoms with Crippen molar-refractivity contribution in [2.24, 2.45) is 23.2 Å². The van der Waals surface area contributed by atoms with Crippen LogP contribution in [0.25, 0.3) is 0 Å². The van der Waals surface area contributed by atoms with E-state index in [1.54, 1.807) is 6.92 Å². The smallest absolute Gasteiger partial charge is 0.138 e. The molecule has 4 bridgehead atoms. The highest BCUT2D eigenvalue weighted by molar-refractivity contribution is 5.83. The van der Waals surface area contributed by atoms with Gasteiger partial charge in [-0.1, -0.05) is 0 Å². The first-order chi connectivity index (χ1) is 6.62. The second-order valence-corrected chi connectivity index (χ2v) is 5.76. The number of rotatable bonds is 1. The number of hydrogen-bond donors (Lipinski definition) is 1. The molecule has 0 aromatic carbocycles. The molecule has 78 valence electrons. The molecule has 4 aliphatic rings. The minimum Gasteiger partial charge on any atom is -0.392 e. The molecule has 0 aromatic heterocycles.